The standard InChI is InChI=1S/C16H22O2/c1-15(2)11-8-9-16(15,3)14(10-11)18-13-6-4-12(17)5-7-13/h4-7,11,14,17H,8-10H2,1-3H3/t11-,14-,16-/m1/s1. The van der Waals surface area contributed by atoms with E-state index in [0.717, 1.165) is 11.7 Å². The van der Waals surface area contributed by atoms with Gasteiger partial charge in [-0.25, -0.2) is 0 Å². The molecule has 2 aliphatic carbocycles. The molecule has 0 aliphatic heterocycles. The normalized spacial score (nSPS) is 36.8. The SMILES string of the molecule is CC1(C)[C@@H]2CC[C@]1(C)[C@H](Oc1ccc(O)cc1)C2. The van der Waals surface area contributed by atoms with Gasteiger partial charge in [0.25, 0.3) is 0 Å². The Morgan fingerprint density at radius 1 is 1.17 bits per heavy atom. The lowest BCUT2D eigenvalue weighted by molar-refractivity contribution is 0.0301. The van der Waals surface area contributed by atoms with Crippen LogP contribution in [0, 0.1) is 16.7 Å². The van der Waals surface area contributed by atoms with Gasteiger partial charge >= 0.3 is 0 Å². The number of ether oxygens (including phenoxy) is 1. The van der Waals surface area contributed by atoms with Crippen molar-refractivity contribution in [1.82, 2.24) is 0 Å². The van der Waals surface area contributed by atoms with Crippen LogP contribution in [0.2, 0.25) is 0 Å². The van der Waals surface area contributed by atoms with Gasteiger partial charge in [0.1, 0.15) is 17.6 Å². The average molecular weight is 246 g/mol. The second kappa shape index (κ2) is 3.66. The number of fused-ring (bicyclic) bond motifs is 2. The van der Waals surface area contributed by atoms with Crippen molar-refractivity contribution in [2.75, 3.05) is 0 Å². The number of hydrogen-bond donors (Lipinski definition) is 1. The number of aromatic hydroxyl groups is 1. The van der Waals surface area contributed by atoms with Crippen LogP contribution in [0.5, 0.6) is 11.5 Å². The number of phenolic OH excluding ortho intramolecular Hbond substituents is 1. The number of benzene rings is 1. The van der Waals surface area contributed by atoms with Gasteiger partial charge in [-0.2, -0.15) is 0 Å². The monoisotopic (exact) mass is 246 g/mol. The topological polar surface area (TPSA) is 29.5 Å². The first-order chi connectivity index (χ1) is 8.43. The van der Waals surface area contributed by atoms with Crippen molar-refractivity contribution in [2.24, 2.45) is 16.7 Å². The molecule has 2 heteroatoms. The molecule has 18 heavy (non-hydrogen) atoms. The highest BCUT2D eigenvalue weighted by Gasteiger charge is 2.62. The lowest BCUT2D eigenvalue weighted by Crippen LogP contribution is -2.38. The first kappa shape index (κ1) is 11.9. The third-order valence-electron chi connectivity index (χ3n) is 5.83. The van der Waals surface area contributed by atoms with E-state index < -0.39 is 0 Å². The molecular formula is C16H22O2. The zero-order valence-corrected chi connectivity index (χ0v) is 11.4. The van der Waals surface area contributed by atoms with Crippen molar-refractivity contribution in [3.8, 4) is 11.5 Å². The highest BCUT2D eigenvalue weighted by Crippen LogP contribution is 2.66. The largest absolute Gasteiger partial charge is 0.508 e. The maximum atomic E-state index is 9.30. The van der Waals surface area contributed by atoms with Crippen molar-refractivity contribution in [3.05, 3.63) is 24.3 Å². The summed E-state index contributed by atoms with van der Waals surface area (Å²) in [6.07, 6.45) is 4.10. The number of hydrogen-bond acceptors (Lipinski definition) is 2. The van der Waals surface area contributed by atoms with E-state index in [1.54, 1.807) is 12.1 Å². The minimum Gasteiger partial charge on any atom is -0.508 e. The molecule has 1 aromatic rings. The smallest absolute Gasteiger partial charge is 0.120 e. The Bertz CT molecular complexity index is 449. The summed E-state index contributed by atoms with van der Waals surface area (Å²) in [6.45, 7) is 7.17. The van der Waals surface area contributed by atoms with E-state index in [2.05, 4.69) is 20.8 Å². The number of phenols is 1. The summed E-state index contributed by atoms with van der Waals surface area (Å²) < 4.78 is 6.19. The first-order valence-electron chi connectivity index (χ1n) is 6.89. The molecule has 0 radical (unpaired) electrons. The van der Waals surface area contributed by atoms with Crippen molar-refractivity contribution in [3.63, 3.8) is 0 Å². The van der Waals surface area contributed by atoms with Crippen LogP contribution < -0.4 is 4.74 Å². The summed E-state index contributed by atoms with van der Waals surface area (Å²) in [6, 6.07) is 7.10. The molecule has 0 unspecified atom stereocenters. The molecule has 0 aromatic heterocycles. The minimum atomic E-state index is 0.287. The van der Waals surface area contributed by atoms with Gasteiger partial charge in [-0.3, -0.25) is 0 Å². The highest BCUT2D eigenvalue weighted by molar-refractivity contribution is 5.30. The molecule has 0 amide bonds. The maximum absolute atomic E-state index is 9.30. The molecule has 2 saturated carbocycles. The second-order valence-electron chi connectivity index (χ2n) is 6.71. The Labute approximate surface area is 109 Å². The van der Waals surface area contributed by atoms with Crippen LogP contribution in [0.3, 0.4) is 0 Å². The quantitative estimate of drug-likeness (QED) is 0.855. The molecule has 3 atom stereocenters. The zero-order chi connectivity index (χ0) is 13.0. The van der Waals surface area contributed by atoms with E-state index in [4.69, 9.17) is 4.74 Å². The molecular weight excluding hydrogens is 224 g/mol. The van der Waals surface area contributed by atoms with Gasteiger partial charge in [0.05, 0.1) is 0 Å². The Hall–Kier alpha value is -1.18. The molecule has 0 saturated heterocycles. The van der Waals surface area contributed by atoms with Crippen molar-refractivity contribution < 1.29 is 9.84 Å². The Morgan fingerprint density at radius 2 is 1.83 bits per heavy atom. The fourth-order valence-corrected chi connectivity index (χ4v) is 4.00. The summed E-state index contributed by atoms with van der Waals surface area (Å²) in [5, 5.41) is 9.30. The predicted octanol–water partition coefficient (Wildman–Crippen LogP) is 3.99. The Kier molecular flexibility index (Phi) is 2.42. The van der Waals surface area contributed by atoms with Gasteiger partial charge in [-0.1, -0.05) is 20.8 Å². The molecule has 2 nitrogen and oxygen atoms in total. The summed E-state index contributed by atoms with van der Waals surface area (Å²) in [5.41, 5.74) is 0.671. The first-order valence-corrected chi connectivity index (χ1v) is 6.89. The van der Waals surface area contributed by atoms with Gasteiger partial charge in [0.15, 0.2) is 0 Å². The molecule has 3 rings (SSSR count). The van der Waals surface area contributed by atoms with Crippen LogP contribution in [0.15, 0.2) is 24.3 Å². The molecule has 1 N–H and O–H groups in total. The van der Waals surface area contributed by atoms with Crippen LogP contribution in [0.4, 0.5) is 0 Å². The van der Waals surface area contributed by atoms with E-state index in [1.807, 2.05) is 12.1 Å². The summed E-state index contributed by atoms with van der Waals surface area (Å²) in [4.78, 5) is 0. The van der Waals surface area contributed by atoms with Crippen molar-refractivity contribution in [2.45, 2.75) is 46.1 Å². The van der Waals surface area contributed by atoms with Gasteiger partial charge in [0, 0.05) is 5.41 Å². The summed E-state index contributed by atoms with van der Waals surface area (Å²) in [7, 11) is 0. The molecule has 98 valence electrons. The molecule has 1 aromatic carbocycles. The third kappa shape index (κ3) is 1.47. The van der Waals surface area contributed by atoms with Crippen LogP contribution >= 0.6 is 0 Å². The van der Waals surface area contributed by atoms with Crippen molar-refractivity contribution in [1.29, 1.82) is 0 Å². The molecule has 2 aliphatic rings. The van der Waals surface area contributed by atoms with Gasteiger partial charge < -0.3 is 9.84 Å². The van der Waals surface area contributed by atoms with Gasteiger partial charge in [-0.05, 0) is 54.9 Å². The predicted molar refractivity (Wildman–Crippen MR) is 71.8 cm³/mol. The van der Waals surface area contributed by atoms with Crippen LogP contribution in [-0.4, -0.2) is 11.2 Å². The molecule has 0 spiro atoms. The third-order valence-corrected chi connectivity index (χ3v) is 5.83. The Balaban J connectivity index is 1.81. The van der Waals surface area contributed by atoms with Crippen LogP contribution in [0.25, 0.3) is 0 Å². The zero-order valence-electron chi connectivity index (χ0n) is 11.4. The second-order valence-corrected chi connectivity index (χ2v) is 6.71. The molecule has 2 fully saturated rings. The van der Waals surface area contributed by atoms with Crippen LogP contribution in [-0.2, 0) is 0 Å². The van der Waals surface area contributed by atoms with E-state index in [-0.39, 0.29) is 5.41 Å². The van der Waals surface area contributed by atoms with Gasteiger partial charge in [-0.15, -0.1) is 0 Å². The van der Waals surface area contributed by atoms with E-state index in [0.29, 0.717) is 17.3 Å². The van der Waals surface area contributed by atoms with Crippen molar-refractivity contribution >= 4 is 0 Å². The lowest BCUT2D eigenvalue weighted by atomic mass is 9.70. The van der Waals surface area contributed by atoms with Crippen LogP contribution in [0.1, 0.15) is 40.0 Å². The lowest BCUT2D eigenvalue weighted by Gasteiger charge is -2.38. The number of rotatable bonds is 2. The fraction of sp³-hybridized carbons (Fsp3) is 0.625. The molecule has 0 heterocycles. The highest BCUT2D eigenvalue weighted by atomic mass is 16.5. The maximum Gasteiger partial charge on any atom is 0.120 e. The van der Waals surface area contributed by atoms with Gasteiger partial charge in [0.2, 0.25) is 0 Å². The average Bonchev–Trinajstić information content (AvgIpc) is 2.65. The van der Waals surface area contributed by atoms with E-state index in [9.17, 15) is 5.11 Å². The van der Waals surface area contributed by atoms with E-state index >= 15 is 0 Å². The Morgan fingerprint density at radius 3 is 2.33 bits per heavy atom. The molecule has 2 bridgehead atoms. The summed E-state index contributed by atoms with van der Waals surface area (Å²) >= 11 is 0. The minimum absolute atomic E-state index is 0.287. The fourth-order valence-electron chi connectivity index (χ4n) is 4.00. The summed E-state index contributed by atoms with van der Waals surface area (Å²) in [5.74, 6) is 1.97. The van der Waals surface area contributed by atoms with E-state index in [1.165, 1.54) is 19.3 Å².